The first kappa shape index (κ1) is 13.9. The summed E-state index contributed by atoms with van der Waals surface area (Å²) in [6.45, 7) is 0. The number of nitrogens with zero attached hydrogens (tertiary/aromatic N) is 3. The molecular weight excluding hydrogens is 304 g/mol. The van der Waals surface area contributed by atoms with Gasteiger partial charge in [-0.2, -0.15) is 5.26 Å². The van der Waals surface area contributed by atoms with Gasteiger partial charge in [0.25, 0.3) is 5.69 Å². The highest BCUT2D eigenvalue weighted by atomic mass is 16.6. The second kappa shape index (κ2) is 5.18. The van der Waals surface area contributed by atoms with E-state index < -0.39 is 4.92 Å². The number of nitro groups is 1. The summed E-state index contributed by atoms with van der Waals surface area (Å²) >= 11 is 0. The van der Waals surface area contributed by atoms with Crippen LogP contribution in [0.3, 0.4) is 0 Å². The van der Waals surface area contributed by atoms with Crippen LogP contribution >= 0.6 is 0 Å². The summed E-state index contributed by atoms with van der Waals surface area (Å²) < 4.78 is 0. The first-order valence-corrected chi connectivity index (χ1v) is 7.24. The second-order valence-electron chi connectivity index (χ2n) is 5.37. The molecule has 0 radical (unpaired) electrons. The Hall–Kier alpha value is -3.72. The van der Waals surface area contributed by atoms with Crippen LogP contribution < -0.4 is 5.32 Å². The fourth-order valence-electron chi connectivity index (χ4n) is 2.86. The number of amidine groups is 1. The number of nitrogens with one attached hydrogen (secondary N) is 1. The Morgan fingerprint density at radius 3 is 2.67 bits per heavy atom. The van der Waals surface area contributed by atoms with Gasteiger partial charge in [-0.05, 0) is 17.5 Å². The van der Waals surface area contributed by atoms with Gasteiger partial charge in [-0.15, -0.1) is 0 Å². The number of hydrogen-bond donors (Lipinski definition) is 1. The van der Waals surface area contributed by atoms with E-state index in [4.69, 9.17) is 0 Å². The molecule has 0 fully saturated rings. The normalized spacial score (nSPS) is 11.9. The van der Waals surface area contributed by atoms with Crippen LogP contribution in [-0.2, 0) is 0 Å². The van der Waals surface area contributed by atoms with Crippen molar-refractivity contribution in [1.29, 1.82) is 5.26 Å². The average Bonchev–Trinajstić information content (AvgIpc) is 2.95. The number of aliphatic imine (C=N–C) groups is 1. The molecule has 0 aromatic heterocycles. The zero-order valence-corrected chi connectivity index (χ0v) is 12.4. The molecule has 0 saturated heterocycles. The molecule has 0 bridgehead atoms. The topological polar surface area (TPSA) is 91.3 Å². The summed E-state index contributed by atoms with van der Waals surface area (Å²) in [6, 6.07) is 18.0. The lowest BCUT2D eigenvalue weighted by atomic mass is 10.0. The van der Waals surface area contributed by atoms with E-state index in [0.717, 1.165) is 22.0 Å². The maximum Gasteiger partial charge on any atom is 0.270 e. The lowest BCUT2D eigenvalue weighted by Crippen LogP contribution is -2.12. The third kappa shape index (κ3) is 2.08. The Kier molecular flexibility index (Phi) is 3.00. The lowest BCUT2D eigenvalue weighted by Gasteiger charge is -2.09. The van der Waals surface area contributed by atoms with Crippen LogP contribution in [0.2, 0.25) is 0 Å². The summed E-state index contributed by atoms with van der Waals surface area (Å²) in [5.41, 5.74) is 2.40. The summed E-state index contributed by atoms with van der Waals surface area (Å²) in [5, 5.41) is 25.4. The Balaban J connectivity index is 1.77. The predicted octanol–water partition coefficient (Wildman–Crippen LogP) is 4.12. The van der Waals surface area contributed by atoms with E-state index in [1.165, 1.54) is 18.2 Å². The van der Waals surface area contributed by atoms with Crippen molar-refractivity contribution >= 4 is 33.7 Å². The number of rotatable bonds is 2. The van der Waals surface area contributed by atoms with Gasteiger partial charge >= 0.3 is 0 Å². The molecule has 0 aliphatic carbocycles. The molecule has 3 aromatic rings. The summed E-state index contributed by atoms with van der Waals surface area (Å²) in [5.74, 6) is 0.632. The lowest BCUT2D eigenvalue weighted by molar-refractivity contribution is -0.384. The van der Waals surface area contributed by atoms with E-state index in [9.17, 15) is 15.4 Å². The molecule has 24 heavy (non-hydrogen) atoms. The van der Waals surface area contributed by atoms with Gasteiger partial charge in [0.15, 0.2) is 0 Å². The fourth-order valence-corrected chi connectivity index (χ4v) is 2.86. The highest BCUT2D eigenvalue weighted by Gasteiger charge is 2.19. The van der Waals surface area contributed by atoms with Gasteiger partial charge in [0.2, 0.25) is 0 Å². The molecule has 1 aliphatic heterocycles. The Morgan fingerprint density at radius 2 is 1.92 bits per heavy atom. The van der Waals surface area contributed by atoms with Crippen LogP contribution in [0, 0.1) is 21.4 Å². The number of nitro benzene ring substituents is 1. The van der Waals surface area contributed by atoms with Crippen molar-refractivity contribution < 1.29 is 4.92 Å². The van der Waals surface area contributed by atoms with Gasteiger partial charge < -0.3 is 5.32 Å². The minimum atomic E-state index is -0.520. The first-order chi connectivity index (χ1) is 11.7. The molecule has 0 saturated carbocycles. The number of benzene rings is 3. The molecule has 1 N–H and O–H groups in total. The third-order valence-electron chi connectivity index (χ3n) is 3.96. The van der Waals surface area contributed by atoms with Crippen molar-refractivity contribution in [3.8, 4) is 6.07 Å². The molecule has 0 amide bonds. The van der Waals surface area contributed by atoms with Gasteiger partial charge in [-0.3, -0.25) is 10.1 Å². The van der Waals surface area contributed by atoms with Crippen LogP contribution in [-0.4, -0.2) is 10.8 Å². The maximum atomic E-state index is 10.9. The van der Waals surface area contributed by atoms with Crippen molar-refractivity contribution in [3.05, 3.63) is 75.8 Å². The van der Waals surface area contributed by atoms with Gasteiger partial charge in [-0.25, -0.2) is 4.99 Å². The molecule has 6 nitrogen and oxygen atoms in total. The number of nitriles is 1. The quantitative estimate of drug-likeness (QED) is 0.569. The van der Waals surface area contributed by atoms with Crippen molar-refractivity contribution in [2.24, 2.45) is 4.99 Å². The minimum Gasteiger partial charge on any atom is -0.339 e. The second-order valence-corrected chi connectivity index (χ2v) is 5.37. The number of non-ortho nitro benzene ring substituents is 1. The molecule has 0 atom stereocenters. The van der Waals surface area contributed by atoms with Gasteiger partial charge in [-0.1, -0.05) is 30.3 Å². The largest absolute Gasteiger partial charge is 0.339 e. The van der Waals surface area contributed by atoms with Crippen LogP contribution in [0.15, 0.2) is 59.6 Å². The molecule has 4 rings (SSSR count). The van der Waals surface area contributed by atoms with E-state index >= 15 is 0 Å². The van der Waals surface area contributed by atoms with E-state index in [1.54, 1.807) is 0 Å². The van der Waals surface area contributed by atoms with E-state index in [1.807, 2.05) is 42.5 Å². The predicted molar refractivity (Wildman–Crippen MR) is 91.6 cm³/mol. The van der Waals surface area contributed by atoms with Crippen molar-refractivity contribution in [2.75, 3.05) is 5.32 Å². The fraction of sp³-hybridized carbons (Fsp3) is 0. The summed E-state index contributed by atoms with van der Waals surface area (Å²) in [6.07, 6.45) is 0. The van der Waals surface area contributed by atoms with Gasteiger partial charge in [0.1, 0.15) is 11.9 Å². The van der Waals surface area contributed by atoms with Crippen LogP contribution in [0.1, 0.15) is 11.1 Å². The molecule has 3 aromatic carbocycles. The van der Waals surface area contributed by atoms with Crippen LogP contribution in [0.4, 0.5) is 17.1 Å². The Labute approximate surface area is 136 Å². The standard InChI is InChI=1S/C18H10N4O2/c19-10-12-9-13(22(23)24)7-8-15(12)20-18-14-5-1-3-11-4-2-6-16(21-18)17(11)14/h1-9H,(H,20,21). The molecular formula is C18H10N4O2. The number of hydrogen-bond acceptors (Lipinski definition) is 5. The molecule has 1 aliphatic rings. The SMILES string of the molecule is N#Cc1cc([N+](=O)[O-])ccc1NC1=Nc2cccc3cccc1c23. The van der Waals surface area contributed by atoms with Crippen molar-refractivity contribution in [2.45, 2.75) is 0 Å². The maximum absolute atomic E-state index is 10.9. The highest BCUT2D eigenvalue weighted by Crippen LogP contribution is 2.36. The van der Waals surface area contributed by atoms with E-state index in [0.29, 0.717) is 11.5 Å². The highest BCUT2D eigenvalue weighted by molar-refractivity contribution is 6.23. The monoisotopic (exact) mass is 314 g/mol. The zero-order valence-electron chi connectivity index (χ0n) is 12.4. The van der Waals surface area contributed by atoms with Crippen LogP contribution in [0.5, 0.6) is 0 Å². The average molecular weight is 314 g/mol. The Bertz CT molecular complexity index is 1070. The van der Waals surface area contributed by atoms with Crippen molar-refractivity contribution in [3.63, 3.8) is 0 Å². The molecule has 0 unspecified atom stereocenters. The smallest absolute Gasteiger partial charge is 0.270 e. The first-order valence-electron chi connectivity index (χ1n) is 7.24. The molecule has 6 heteroatoms. The van der Waals surface area contributed by atoms with Crippen molar-refractivity contribution in [1.82, 2.24) is 0 Å². The number of anilines is 1. The molecule has 1 heterocycles. The summed E-state index contributed by atoms with van der Waals surface area (Å²) in [4.78, 5) is 14.9. The van der Waals surface area contributed by atoms with Crippen LogP contribution in [0.25, 0.3) is 10.8 Å². The van der Waals surface area contributed by atoms with Gasteiger partial charge in [0.05, 0.1) is 21.9 Å². The minimum absolute atomic E-state index is 0.115. The zero-order chi connectivity index (χ0) is 16.7. The van der Waals surface area contributed by atoms with Gasteiger partial charge in [0, 0.05) is 23.1 Å². The van der Waals surface area contributed by atoms with E-state index in [2.05, 4.69) is 10.3 Å². The summed E-state index contributed by atoms with van der Waals surface area (Å²) in [7, 11) is 0. The molecule has 0 spiro atoms. The Morgan fingerprint density at radius 1 is 1.12 bits per heavy atom. The third-order valence-corrected chi connectivity index (χ3v) is 3.96. The molecule has 114 valence electrons. The van der Waals surface area contributed by atoms with E-state index in [-0.39, 0.29) is 11.3 Å².